The molecule has 2 rings (SSSR count). The fourth-order valence-corrected chi connectivity index (χ4v) is 2.22. The van der Waals surface area contributed by atoms with Gasteiger partial charge in [-0.25, -0.2) is 4.39 Å². The van der Waals surface area contributed by atoms with Gasteiger partial charge in [0.15, 0.2) is 0 Å². The first kappa shape index (κ1) is 14.2. The van der Waals surface area contributed by atoms with Gasteiger partial charge in [0.25, 0.3) is 0 Å². The van der Waals surface area contributed by atoms with Crippen LogP contribution in [0, 0.1) is 12.7 Å². The lowest BCUT2D eigenvalue weighted by Crippen LogP contribution is -2.10. The number of aryl methyl sites for hydroxylation is 1. The molecule has 0 aliphatic carbocycles. The molecule has 0 aliphatic heterocycles. The highest BCUT2D eigenvalue weighted by atomic mass is 19.1. The molecule has 104 valence electrons. The number of amides is 1. The van der Waals surface area contributed by atoms with Gasteiger partial charge >= 0.3 is 0 Å². The third-order valence-corrected chi connectivity index (χ3v) is 3.33. The molecule has 0 spiro atoms. The van der Waals surface area contributed by atoms with Gasteiger partial charge in [0.05, 0.1) is 0 Å². The van der Waals surface area contributed by atoms with Gasteiger partial charge in [-0.1, -0.05) is 12.1 Å². The van der Waals surface area contributed by atoms with Crippen molar-refractivity contribution in [2.45, 2.75) is 19.9 Å². The Balaban J connectivity index is 2.47. The monoisotopic (exact) mass is 272 g/mol. The lowest BCUT2D eigenvalue weighted by molar-refractivity contribution is 0.100. The fraction of sp³-hybridized carbons (Fsp3) is 0.188. The van der Waals surface area contributed by atoms with Crippen molar-refractivity contribution in [2.24, 2.45) is 11.5 Å². The van der Waals surface area contributed by atoms with Crippen molar-refractivity contribution in [3.8, 4) is 11.1 Å². The minimum absolute atomic E-state index is 0.212. The zero-order valence-corrected chi connectivity index (χ0v) is 11.5. The molecule has 0 aliphatic rings. The summed E-state index contributed by atoms with van der Waals surface area (Å²) in [6, 6.07) is 9.57. The highest BCUT2D eigenvalue weighted by molar-refractivity contribution is 5.93. The lowest BCUT2D eigenvalue weighted by Gasteiger charge is -2.13. The first-order valence-electron chi connectivity index (χ1n) is 6.36. The molecule has 1 amide bonds. The van der Waals surface area contributed by atoms with Crippen LogP contribution in [0.15, 0.2) is 36.4 Å². The summed E-state index contributed by atoms with van der Waals surface area (Å²) in [5.74, 6) is -0.824. The Morgan fingerprint density at radius 2 is 1.80 bits per heavy atom. The Morgan fingerprint density at radius 1 is 1.20 bits per heavy atom. The number of carbonyl (C=O) groups excluding carboxylic acids is 1. The molecule has 3 nitrogen and oxygen atoms in total. The van der Waals surface area contributed by atoms with Crippen molar-refractivity contribution in [3.63, 3.8) is 0 Å². The van der Waals surface area contributed by atoms with E-state index in [-0.39, 0.29) is 11.9 Å². The molecule has 0 saturated carbocycles. The number of nitrogens with two attached hydrogens (primary N) is 2. The van der Waals surface area contributed by atoms with Crippen molar-refractivity contribution in [2.75, 3.05) is 0 Å². The van der Waals surface area contributed by atoms with E-state index in [0.29, 0.717) is 16.7 Å². The van der Waals surface area contributed by atoms with Crippen LogP contribution in [0.2, 0.25) is 0 Å². The third-order valence-electron chi connectivity index (χ3n) is 3.33. The van der Waals surface area contributed by atoms with Crippen molar-refractivity contribution in [3.05, 3.63) is 58.9 Å². The molecule has 0 aromatic heterocycles. The van der Waals surface area contributed by atoms with Gasteiger partial charge in [0.2, 0.25) is 5.91 Å². The van der Waals surface area contributed by atoms with Gasteiger partial charge in [-0.3, -0.25) is 4.79 Å². The number of primary amides is 1. The van der Waals surface area contributed by atoms with Crippen LogP contribution < -0.4 is 11.5 Å². The first-order valence-corrected chi connectivity index (χ1v) is 6.36. The molecule has 2 aromatic carbocycles. The van der Waals surface area contributed by atoms with Crippen molar-refractivity contribution in [1.82, 2.24) is 0 Å². The van der Waals surface area contributed by atoms with E-state index >= 15 is 0 Å². The SMILES string of the molecule is Cc1cc(-c2ccc(C(N)=O)cc2)c(F)cc1[C@@H](C)N. The maximum atomic E-state index is 14.2. The number of hydrogen-bond donors (Lipinski definition) is 2. The van der Waals surface area contributed by atoms with Crippen LogP contribution in [-0.4, -0.2) is 5.91 Å². The van der Waals surface area contributed by atoms with Gasteiger partial charge in [-0.05, 0) is 54.8 Å². The average molecular weight is 272 g/mol. The predicted molar refractivity (Wildman–Crippen MR) is 77.7 cm³/mol. The predicted octanol–water partition coefficient (Wildman–Crippen LogP) is 2.92. The molecule has 2 aromatic rings. The summed E-state index contributed by atoms with van der Waals surface area (Å²) in [5, 5.41) is 0. The minimum atomic E-state index is -0.500. The van der Waals surface area contributed by atoms with Crippen LogP contribution in [0.4, 0.5) is 4.39 Å². The number of hydrogen-bond acceptors (Lipinski definition) is 2. The Kier molecular flexibility index (Phi) is 3.86. The molecular formula is C16H17FN2O. The smallest absolute Gasteiger partial charge is 0.248 e. The van der Waals surface area contributed by atoms with Crippen LogP contribution in [0.5, 0.6) is 0 Å². The summed E-state index contributed by atoms with van der Waals surface area (Å²) < 4.78 is 14.2. The number of halogens is 1. The van der Waals surface area contributed by atoms with Gasteiger partial charge < -0.3 is 11.5 Å². The van der Waals surface area contributed by atoms with E-state index in [2.05, 4.69) is 0 Å². The Hall–Kier alpha value is -2.20. The molecule has 0 heterocycles. The maximum absolute atomic E-state index is 14.2. The Labute approximate surface area is 117 Å². The highest BCUT2D eigenvalue weighted by Gasteiger charge is 2.12. The van der Waals surface area contributed by atoms with Gasteiger partial charge in [0, 0.05) is 17.2 Å². The van der Waals surface area contributed by atoms with Crippen LogP contribution in [0.25, 0.3) is 11.1 Å². The minimum Gasteiger partial charge on any atom is -0.366 e. The fourth-order valence-electron chi connectivity index (χ4n) is 2.22. The molecule has 0 saturated heterocycles. The summed E-state index contributed by atoms with van der Waals surface area (Å²) in [5.41, 5.74) is 14.3. The van der Waals surface area contributed by atoms with Gasteiger partial charge in [0.1, 0.15) is 5.82 Å². The van der Waals surface area contributed by atoms with E-state index in [9.17, 15) is 9.18 Å². The molecular weight excluding hydrogens is 255 g/mol. The Morgan fingerprint density at radius 3 is 2.30 bits per heavy atom. The molecule has 0 fully saturated rings. The van der Waals surface area contributed by atoms with E-state index in [0.717, 1.165) is 11.1 Å². The second-order valence-corrected chi connectivity index (χ2v) is 4.92. The highest BCUT2D eigenvalue weighted by Crippen LogP contribution is 2.28. The second kappa shape index (κ2) is 5.43. The Bertz CT molecular complexity index is 648. The molecule has 4 N–H and O–H groups in total. The molecule has 0 unspecified atom stereocenters. The van der Waals surface area contributed by atoms with Crippen LogP contribution in [0.1, 0.15) is 34.5 Å². The molecule has 1 atom stereocenters. The number of rotatable bonds is 3. The number of carbonyl (C=O) groups is 1. The van der Waals surface area contributed by atoms with E-state index in [1.807, 2.05) is 13.8 Å². The van der Waals surface area contributed by atoms with Crippen molar-refractivity contribution in [1.29, 1.82) is 0 Å². The standard InChI is InChI=1S/C16H17FN2O/c1-9-7-14(15(17)8-13(9)10(2)18)11-3-5-12(6-4-11)16(19)20/h3-8,10H,18H2,1-2H3,(H2,19,20)/t10-/m1/s1. The maximum Gasteiger partial charge on any atom is 0.248 e. The second-order valence-electron chi connectivity index (χ2n) is 4.92. The summed E-state index contributed by atoms with van der Waals surface area (Å²) >= 11 is 0. The van der Waals surface area contributed by atoms with E-state index < -0.39 is 5.91 Å². The van der Waals surface area contributed by atoms with Crippen LogP contribution in [0.3, 0.4) is 0 Å². The topological polar surface area (TPSA) is 69.1 Å². The van der Waals surface area contributed by atoms with E-state index in [1.165, 1.54) is 6.07 Å². The molecule has 4 heteroatoms. The molecule has 0 bridgehead atoms. The van der Waals surface area contributed by atoms with Crippen molar-refractivity contribution >= 4 is 5.91 Å². The molecule has 20 heavy (non-hydrogen) atoms. The van der Waals surface area contributed by atoms with Gasteiger partial charge in [-0.15, -0.1) is 0 Å². The van der Waals surface area contributed by atoms with E-state index in [1.54, 1.807) is 30.3 Å². The quantitative estimate of drug-likeness (QED) is 0.902. The number of benzene rings is 2. The van der Waals surface area contributed by atoms with Crippen molar-refractivity contribution < 1.29 is 9.18 Å². The summed E-state index contributed by atoms with van der Waals surface area (Å²) in [6.45, 7) is 3.72. The average Bonchev–Trinajstić information content (AvgIpc) is 2.40. The lowest BCUT2D eigenvalue weighted by atomic mass is 9.96. The summed E-state index contributed by atoms with van der Waals surface area (Å²) in [7, 11) is 0. The largest absolute Gasteiger partial charge is 0.366 e. The zero-order valence-electron chi connectivity index (χ0n) is 11.5. The molecule has 0 radical (unpaired) electrons. The summed E-state index contributed by atoms with van der Waals surface area (Å²) in [6.07, 6.45) is 0. The van der Waals surface area contributed by atoms with E-state index in [4.69, 9.17) is 11.5 Å². The van der Waals surface area contributed by atoms with Gasteiger partial charge in [-0.2, -0.15) is 0 Å². The zero-order chi connectivity index (χ0) is 14.9. The summed E-state index contributed by atoms with van der Waals surface area (Å²) in [4.78, 5) is 11.0. The van der Waals surface area contributed by atoms with Crippen LogP contribution >= 0.6 is 0 Å². The third kappa shape index (κ3) is 2.70. The normalized spacial score (nSPS) is 12.2. The first-order chi connectivity index (χ1) is 9.40. The van der Waals surface area contributed by atoms with Crippen LogP contribution in [-0.2, 0) is 0 Å².